The molecule has 0 aliphatic heterocycles. The largest absolute Gasteiger partial charge is 0.380 e. The average Bonchev–Trinajstić information content (AvgIpc) is 2.50. The van der Waals surface area contributed by atoms with Crippen molar-refractivity contribution in [3.8, 4) is 0 Å². The average molecular weight is 221 g/mol. The second kappa shape index (κ2) is 5.09. The van der Waals surface area contributed by atoms with E-state index in [2.05, 4.69) is 4.72 Å². The Kier molecular flexibility index (Phi) is 4.34. The quantitative estimate of drug-likeness (QED) is 0.750. The van der Waals surface area contributed by atoms with Gasteiger partial charge in [0.1, 0.15) is 0 Å². The monoisotopic (exact) mass is 221 g/mol. The molecule has 0 saturated heterocycles. The van der Waals surface area contributed by atoms with Gasteiger partial charge in [0.15, 0.2) is 0 Å². The van der Waals surface area contributed by atoms with Gasteiger partial charge in [0.05, 0.1) is 11.9 Å². The molecular formula is C9H19NO3S. The second-order valence-corrected chi connectivity index (χ2v) is 5.62. The fourth-order valence-electron chi connectivity index (χ4n) is 1.90. The SMILES string of the molecule is CCCS(=O)(=O)NC1CCCC1OC. The summed E-state index contributed by atoms with van der Waals surface area (Å²) in [6.45, 7) is 1.86. The van der Waals surface area contributed by atoms with Crippen LogP contribution in [0.4, 0.5) is 0 Å². The molecule has 5 heteroatoms. The lowest BCUT2D eigenvalue weighted by molar-refractivity contribution is 0.0916. The minimum Gasteiger partial charge on any atom is -0.380 e. The molecule has 2 atom stereocenters. The summed E-state index contributed by atoms with van der Waals surface area (Å²) in [5.74, 6) is 0.208. The van der Waals surface area contributed by atoms with Crippen molar-refractivity contribution in [2.24, 2.45) is 0 Å². The van der Waals surface area contributed by atoms with Crippen LogP contribution in [-0.2, 0) is 14.8 Å². The van der Waals surface area contributed by atoms with E-state index in [9.17, 15) is 8.42 Å². The summed E-state index contributed by atoms with van der Waals surface area (Å²) in [6, 6.07) is -0.0171. The minimum absolute atomic E-state index is 0.0171. The molecule has 1 rings (SSSR count). The van der Waals surface area contributed by atoms with Gasteiger partial charge in [-0.25, -0.2) is 13.1 Å². The van der Waals surface area contributed by atoms with Crippen molar-refractivity contribution in [3.63, 3.8) is 0 Å². The molecule has 0 aromatic carbocycles. The van der Waals surface area contributed by atoms with E-state index in [4.69, 9.17) is 4.74 Å². The van der Waals surface area contributed by atoms with Crippen LogP contribution < -0.4 is 4.72 Å². The molecule has 0 aromatic heterocycles. The first-order valence-electron chi connectivity index (χ1n) is 5.12. The molecule has 0 heterocycles. The third-order valence-electron chi connectivity index (χ3n) is 2.56. The zero-order valence-corrected chi connectivity index (χ0v) is 9.64. The number of ether oxygens (including phenoxy) is 1. The highest BCUT2D eigenvalue weighted by molar-refractivity contribution is 7.89. The van der Waals surface area contributed by atoms with Gasteiger partial charge in [-0.05, 0) is 25.7 Å². The van der Waals surface area contributed by atoms with Crippen LogP contribution in [-0.4, -0.2) is 33.4 Å². The lowest BCUT2D eigenvalue weighted by Crippen LogP contribution is -2.41. The molecule has 0 radical (unpaired) electrons. The Balaban J connectivity index is 2.51. The Morgan fingerprint density at radius 2 is 2.14 bits per heavy atom. The van der Waals surface area contributed by atoms with Gasteiger partial charge < -0.3 is 4.74 Å². The Labute approximate surface area is 86.1 Å². The zero-order valence-electron chi connectivity index (χ0n) is 8.82. The fraction of sp³-hybridized carbons (Fsp3) is 1.00. The fourth-order valence-corrected chi connectivity index (χ4v) is 3.29. The summed E-state index contributed by atoms with van der Waals surface area (Å²) >= 11 is 0. The highest BCUT2D eigenvalue weighted by Crippen LogP contribution is 2.22. The van der Waals surface area contributed by atoms with E-state index in [1.165, 1.54) is 0 Å². The molecule has 14 heavy (non-hydrogen) atoms. The van der Waals surface area contributed by atoms with Crippen LogP contribution in [0, 0.1) is 0 Å². The molecule has 0 bridgehead atoms. The van der Waals surface area contributed by atoms with E-state index in [0.29, 0.717) is 6.42 Å². The van der Waals surface area contributed by atoms with E-state index in [1.54, 1.807) is 7.11 Å². The maximum atomic E-state index is 11.5. The van der Waals surface area contributed by atoms with Gasteiger partial charge in [-0.15, -0.1) is 0 Å². The van der Waals surface area contributed by atoms with Gasteiger partial charge in [0, 0.05) is 13.2 Å². The van der Waals surface area contributed by atoms with Crippen molar-refractivity contribution in [2.75, 3.05) is 12.9 Å². The van der Waals surface area contributed by atoms with Crippen LogP contribution in [0.1, 0.15) is 32.6 Å². The molecule has 2 unspecified atom stereocenters. The van der Waals surface area contributed by atoms with Crippen LogP contribution in [0.25, 0.3) is 0 Å². The Morgan fingerprint density at radius 1 is 1.43 bits per heavy atom. The van der Waals surface area contributed by atoms with Crippen molar-refractivity contribution in [2.45, 2.75) is 44.8 Å². The third-order valence-corrected chi connectivity index (χ3v) is 4.17. The van der Waals surface area contributed by atoms with Crippen LogP contribution >= 0.6 is 0 Å². The van der Waals surface area contributed by atoms with Gasteiger partial charge >= 0.3 is 0 Å². The number of hydrogen-bond acceptors (Lipinski definition) is 3. The first-order chi connectivity index (χ1) is 6.59. The second-order valence-electron chi connectivity index (χ2n) is 3.75. The van der Waals surface area contributed by atoms with Gasteiger partial charge in [0.25, 0.3) is 0 Å². The van der Waals surface area contributed by atoms with Crippen molar-refractivity contribution < 1.29 is 13.2 Å². The van der Waals surface area contributed by atoms with E-state index >= 15 is 0 Å². The van der Waals surface area contributed by atoms with Crippen molar-refractivity contribution >= 4 is 10.0 Å². The van der Waals surface area contributed by atoms with Gasteiger partial charge in [0.2, 0.25) is 10.0 Å². The number of hydrogen-bond donors (Lipinski definition) is 1. The molecule has 0 amide bonds. The molecule has 84 valence electrons. The molecule has 0 aromatic rings. The topological polar surface area (TPSA) is 55.4 Å². The van der Waals surface area contributed by atoms with Gasteiger partial charge in [-0.2, -0.15) is 0 Å². The lowest BCUT2D eigenvalue weighted by Gasteiger charge is -2.19. The Hall–Kier alpha value is -0.130. The number of methoxy groups -OCH3 is 1. The minimum atomic E-state index is -3.09. The Bertz CT molecular complexity index is 263. The summed E-state index contributed by atoms with van der Waals surface area (Å²) in [5, 5.41) is 0. The summed E-state index contributed by atoms with van der Waals surface area (Å²) in [7, 11) is -1.45. The van der Waals surface area contributed by atoms with Crippen LogP contribution in [0.5, 0.6) is 0 Å². The predicted octanol–water partition coefficient (Wildman–Crippen LogP) is 0.883. The Morgan fingerprint density at radius 3 is 2.71 bits per heavy atom. The van der Waals surface area contributed by atoms with Crippen LogP contribution in [0.3, 0.4) is 0 Å². The van der Waals surface area contributed by atoms with E-state index in [1.807, 2.05) is 6.92 Å². The number of rotatable bonds is 5. The normalized spacial score (nSPS) is 28.1. The molecule has 0 spiro atoms. The highest BCUT2D eigenvalue weighted by Gasteiger charge is 2.30. The molecule has 1 N–H and O–H groups in total. The van der Waals surface area contributed by atoms with Crippen LogP contribution in [0.15, 0.2) is 0 Å². The molecule has 1 aliphatic carbocycles. The van der Waals surface area contributed by atoms with Gasteiger partial charge in [-0.1, -0.05) is 6.92 Å². The lowest BCUT2D eigenvalue weighted by atomic mass is 10.2. The summed E-state index contributed by atoms with van der Waals surface area (Å²) in [5.41, 5.74) is 0. The number of sulfonamides is 1. The smallest absolute Gasteiger partial charge is 0.211 e. The summed E-state index contributed by atoms with van der Waals surface area (Å²) in [4.78, 5) is 0. The molecule has 1 aliphatic rings. The maximum absolute atomic E-state index is 11.5. The number of nitrogens with one attached hydrogen (secondary N) is 1. The van der Waals surface area contributed by atoms with Crippen LogP contribution in [0.2, 0.25) is 0 Å². The van der Waals surface area contributed by atoms with Crippen molar-refractivity contribution in [1.82, 2.24) is 4.72 Å². The first kappa shape index (κ1) is 11.9. The summed E-state index contributed by atoms with van der Waals surface area (Å²) < 4.78 is 30.9. The zero-order chi connectivity index (χ0) is 10.6. The van der Waals surface area contributed by atoms with E-state index in [0.717, 1.165) is 19.3 Å². The predicted molar refractivity (Wildman–Crippen MR) is 55.6 cm³/mol. The maximum Gasteiger partial charge on any atom is 0.211 e. The van der Waals surface area contributed by atoms with Crippen molar-refractivity contribution in [1.29, 1.82) is 0 Å². The van der Waals surface area contributed by atoms with Gasteiger partial charge in [-0.3, -0.25) is 0 Å². The van der Waals surface area contributed by atoms with E-state index < -0.39 is 10.0 Å². The van der Waals surface area contributed by atoms with E-state index in [-0.39, 0.29) is 17.9 Å². The summed E-state index contributed by atoms with van der Waals surface area (Å²) in [6.07, 6.45) is 3.59. The van der Waals surface area contributed by atoms with Crippen molar-refractivity contribution in [3.05, 3.63) is 0 Å². The first-order valence-corrected chi connectivity index (χ1v) is 6.77. The molecule has 1 fully saturated rings. The standard InChI is InChI=1S/C9H19NO3S/c1-3-7-14(11,12)10-8-5-4-6-9(8)13-2/h8-10H,3-7H2,1-2H3. The third kappa shape index (κ3) is 3.22. The molecular weight excluding hydrogens is 202 g/mol. The molecule has 1 saturated carbocycles. The molecule has 4 nitrogen and oxygen atoms in total. The highest BCUT2D eigenvalue weighted by atomic mass is 32.2.